The van der Waals surface area contributed by atoms with Gasteiger partial charge in [-0.3, -0.25) is 91.1 Å². The standard InChI is InChI=1S/C15H10Cl2O2.C15H11ClO2.C12H11FO2.C11H12O3.C10H9ClO3.C10H12O3.C9H6O2.C8H5F3O3.C5H4O2/c16-12-5-1-10(2-6-12)14(18)9-15(19)11-3-7-13(17)8-4-11;16-13-8-6-12(7-9-13)15(18)10-14(17)11-4-2-1-3-5-11;13-10-3-1-8(2-4-10)9-5-11(14)7-12(15)6-9;1-7-3-4-9(10(13)5-7)11(14)6-8(2)12;1-6(12)4-10(14)8-5-7(11)2-3-9(8)13;1-6(2)3-4-7-8(11)5-9(12)10(7)13;10-8-5-9(11)7-4-2-1-3-6(7)8;9-8(10,11)7(13)4-5(12)6-2-1-3-14-6;6-4-1-2-5(7)3-4/h1-8H,9H2;1-9H,10H2;1-4,9H,5-7H2;3-5,13H,6H2,1-2H3;2-3,5,13H,4H2,1H3;3,7H,4-5H2,1-2H3;1-4H,5H2;1-3H,4H2;1-2H,3H2. The van der Waals surface area contributed by atoms with Crippen LogP contribution < -0.4 is 0 Å². The summed E-state index contributed by atoms with van der Waals surface area (Å²) in [5.74, 6) is -8.12. The van der Waals surface area contributed by atoms with Crippen molar-refractivity contribution < 1.29 is 123 Å². The minimum Gasteiger partial charge on any atom is -0.507 e. The molecule has 1 heterocycles. The number of halogens is 8. The third-order valence-corrected chi connectivity index (χ3v) is 18.6. The molecule has 13 rings (SSSR count). The lowest BCUT2D eigenvalue weighted by Gasteiger charge is -2.20. The SMILES string of the molecule is CC(=O)CC(=O)c1cc(Cl)ccc1O.CC(=O)CC(=O)c1ccc(C)cc1O.CC(C)=CCC1C(=O)CC(=O)C1=O.O=C(CC(=O)C(F)(F)F)c1ccco1.O=C(CC(=O)c1ccc(Cl)cc1)c1ccc(Cl)cc1.O=C(CC(=O)c1ccc(Cl)cc1)c1ccccc1.O=C1C=CC(=O)C1.O=C1CC(=O)CC(c2ccc(F)cc2)C1.O=C1CC(=O)c2ccccc21. The molecule has 0 saturated heterocycles. The topological polar surface area (TPSA) is 378 Å². The van der Waals surface area contributed by atoms with Crippen molar-refractivity contribution in [3.63, 3.8) is 0 Å². The van der Waals surface area contributed by atoms with Crippen molar-refractivity contribution in [2.24, 2.45) is 5.92 Å². The van der Waals surface area contributed by atoms with Gasteiger partial charge >= 0.3 is 6.18 Å². The number of phenols is 2. The van der Waals surface area contributed by atoms with Crippen LogP contribution >= 0.6 is 46.4 Å². The van der Waals surface area contributed by atoms with Crippen LogP contribution in [0.15, 0.2) is 235 Å². The molecule has 4 aliphatic rings. The third kappa shape index (κ3) is 36.0. The molecule has 0 aliphatic heterocycles. The number of Topliss-reactive ketones (excluding diaryl/α,β-unsaturated/α-hetero) is 17. The first kappa shape index (κ1) is 102. The monoisotopic (exact) mass is 1790 g/mol. The fourth-order valence-electron chi connectivity index (χ4n) is 11.3. The van der Waals surface area contributed by atoms with Crippen molar-refractivity contribution in [3.05, 3.63) is 318 Å². The first-order valence-corrected chi connectivity index (χ1v) is 39.3. The van der Waals surface area contributed by atoms with Gasteiger partial charge in [-0.25, -0.2) is 4.39 Å². The van der Waals surface area contributed by atoms with Gasteiger partial charge in [0.2, 0.25) is 23.1 Å². The van der Waals surface area contributed by atoms with Gasteiger partial charge in [-0.15, -0.1) is 0 Å². The number of hydrogen-bond donors (Lipinski definition) is 2. The van der Waals surface area contributed by atoms with Gasteiger partial charge in [-0.1, -0.05) is 131 Å². The van der Waals surface area contributed by atoms with Crippen LogP contribution in [0.25, 0.3) is 0 Å². The second-order valence-electron chi connectivity index (χ2n) is 28.1. The van der Waals surface area contributed by atoms with Gasteiger partial charge < -0.3 is 14.6 Å². The van der Waals surface area contributed by atoms with Gasteiger partial charge in [0.25, 0.3) is 0 Å². The Bertz CT molecular complexity index is 5470. The summed E-state index contributed by atoms with van der Waals surface area (Å²) in [6, 6.07) is 52.7. The highest BCUT2D eigenvalue weighted by atomic mass is 35.5. The summed E-state index contributed by atoms with van der Waals surface area (Å²) in [4.78, 5) is 211. The highest BCUT2D eigenvalue weighted by Crippen LogP contribution is 2.31. The van der Waals surface area contributed by atoms with E-state index in [1.807, 2.05) is 32.9 Å². The van der Waals surface area contributed by atoms with E-state index < -0.39 is 47.4 Å². The zero-order valence-electron chi connectivity index (χ0n) is 67.6. The van der Waals surface area contributed by atoms with Crippen molar-refractivity contribution in [1.29, 1.82) is 0 Å². The number of furan rings is 1. The molecule has 125 heavy (non-hydrogen) atoms. The lowest BCUT2D eigenvalue weighted by atomic mass is 9.83. The third-order valence-electron chi connectivity index (χ3n) is 17.6. The summed E-state index contributed by atoms with van der Waals surface area (Å²) in [5.41, 5.74) is 6.29. The van der Waals surface area contributed by atoms with Crippen LogP contribution in [0.4, 0.5) is 17.6 Å². The Balaban J connectivity index is 0.000000252. The number of phenolic OH excluding ortho intramolecular Hbond substituents is 2. The summed E-state index contributed by atoms with van der Waals surface area (Å²) in [5, 5.41) is 20.8. The number of hydrogen-bond acceptors (Lipinski definition) is 22. The summed E-state index contributed by atoms with van der Waals surface area (Å²) >= 11 is 22.9. The number of allylic oxidation sites excluding steroid dienone is 4. The van der Waals surface area contributed by atoms with Gasteiger partial charge in [-0.05, 0) is 198 Å². The Morgan fingerprint density at radius 1 is 0.432 bits per heavy atom. The number of aryl methyl sites for hydroxylation is 1. The number of aromatic hydroxyl groups is 2. The van der Waals surface area contributed by atoms with E-state index in [2.05, 4.69) is 4.42 Å². The van der Waals surface area contributed by atoms with Crippen LogP contribution in [0.3, 0.4) is 0 Å². The number of carbonyl (C=O) groups is 19. The van der Waals surface area contributed by atoms with Crippen molar-refractivity contribution in [2.75, 3.05) is 0 Å². The highest BCUT2D eigenvalue weighted by Gasteiger charge is 2.40. The van der Waals surface area contributed by atoms with Gasteiger partial charge in [0.1, 0.15) is 40.4 Å². The molecular formula is C95H80Cl4F4O22. The summed E-state index contributed by atoms with van der Waals surface area (Å²) in [7, 11) is 0. The normalized spacial score (nSPS) is 13.4. The van der Waals surface area contributed by atoms with E-state index in [0.717, 1.165) is 23.0 Å². The predicted molar refractivity (Wildman–Crippen MR) is 455 cm³/mol. The second kappa shape index (κ2) is 50.3. The van der Waals surface area contributed by atoms with E-state index in [-0.39, 0.29) is 172 Å². The van der Waals surface area contributed by atoms with Crippen LogP contribution in [0.1, 0.15) is 215 Å². The fourth-order valence-corrected chi connectivity index (χ4v) is 11.8. The van der Waals surface area contributed by atoms with E-state index in [9.17, 15) is 119 Å². The Morgan fingerprint density at radius 2 is 0.872 bits per heavy atom. The number of alkyl halides is 3. The molecule has 648 valence electrons. The van der Waals surface area contributed by atoms with Gasteiger partial charge in [0.05, 0.1) is 81.1 Å². The van der Waals surface area contributed by atoms with Crippen molar-refractivity contribution in [3.8, 4) is 11.5 Å². The van der Waals surface area contributed by atoms with E-state index in [4.69, 9.17) is 46.4 Å². The highest BCUT2D eigenvalue weighted by molar-refractivity contribution is 6.49. The Hall–Kier alpha value is -13.3. The van der Waals surface area contributed by atoms with Crippen LogP contribution in [-0.4, -0.2) is 126 Å². The van der Waals surface area contributed by atoms with Crippen molar-refractivity contribution >= 4 is 156 Å². The minimum absolute atomic E-state index is 0.0134. The molecule has 2 N–H and O–H groups in total. The average molecular weight is 1790 g/mol. The van der Waals surface area contributed by atoms with Crippen LogP contribution in [-0.2, 0) is 47.9 Å². The Morgan fingerprint density at radius 3 is 1.26 bits per heavy atom. The quantitative estimate of drug-likeness (QED) is 0.0235. The smallest absolute Gasteiger partial charge is 0.450 e. The van der Waals surface area contributed by atoms with Crippen LogP contribution in [0.2, 0.25) is 20.1 Å². The Labute approximate surface area is 734 Å². The number of carbonyl (C=O) groups excluding carboxylic acids is 19. The molecule has 1 aromatic heterocycles. The molecule has 8 aromatic carbocycles. The fraction of sp³-hybridized carbons (Fsp3) is 0.211. The molecule has 0 radical (unpaired) electrons. The minimum atomic E-state index is -4.97. The number of fused-ring (bicyclic) bond motifs is 1. The maximum absolute atomic E-state index is 12.7. The molecule has 0 amide bonds. The molecule has 2 fully saturated rings. The van der Waals surface area contributed by atoms with Gasteiger partial charge in [0.15, 0.2) is 69.4 Å². The molecule has 0 spiro atoms. The molecule has 0 bridgehead atoms. The second-order valence-corrected chi connectivity index (χ2v) is 29.9. The maximum atomic E-state index is 12.7. The molecule has 9 aromatic rings. The lowest BCUT2D eigenvalue weighted by Crippen LogP contribution is -2.25. The first-order chi connectivity index (χ1) is 58.9. The van der Waals surface area contributed by atoms with Crippen molar-refractivity contribution in [1.82, 2.24) is 0 Å². The van der Waals surface area contributed by atoms with Gasteiger partial charge in [0, 0.05) is 66.3 Å². The lowest BCUT2D eigenvalue weighted by molar-refractivity contribution is -0.170. The zero-order valence-corrected chi connectivity index (χ0v) is 70.6. The molecule has 2 saturated carbocycles. The van der Waals surface area contributed by atoms with Crippen molar-refractivity contribution in [2.45, 2.75) is 124 Å². The zero-order chi connectivity index (χ0) is 92.9. The average Bonchev–Trinajstić information content (AvgIpc) is 1.67. The van der Waals surface area contributed by atoms with E-state index >= 15 is 0 Å². The van der Waals surface area contributed by atoms with E-state index in [1.54, 1.807) is 140 Å². The van der Waals surface area contributed by atoms with Crippen LogP contribution in [0.5, 0.6) is 11.5 Å². The summed E-state index contributed by atoms with van der Waals surface area (Å²) in [6.45, 7) is 8.28. The first-order valence-electron chi connectivity index (χ1n) is 37.8. The van der Waals surface area contributed by atoms with E-state index in [0.29, 0.717) is 72.7 Å². The van der Waals surface area contributed by atoms with Crippen LogP contribution in [0, 0.1) is 18.7 Å². The molecule has 1 atom stereocenters. The summed E-state index contributed by atoms with van der Waals surface area (Å²) in [6.07, 6.45) is -0.0641. The molecule has 30 heteroatoms. The number of rotatable bonds is 20. The number of benzene rings is 8. The van der Waals surface area contributed by atoms with Gasteiger partial charge in [-0.2, -0.15) is 13.2 Å². The number of ketones is 19. The summed E-state index contributed by atoms with van der Waals surface area (Å²) < 4.78 is 52.4. The Kier molecular flexibility index (Phi) is 41.2. The predicted octanol–water partition coefficient (Wildman–Crippen LogP) is 19.1. The molecular weight excluding hydrogens is 1710 g/mol. The van der Waals surface area contributed by atoms with E-state index in [1.165, 1.54) is 80.6 Å². The molecule has 1 unspecified atom stereocenters. The molecule has 22 nitrogen and oxygen atoms in total. The maximum Gasteiger partial charge on any atom is 0.450 e. The largest absolute Gasteiger partial charge is 0.507 e. The molecule has 4 aliphatic carbocycles.